The Labute approximate surface area is 196 Å². The van der Waals surface area contributed by atoms with E-state index in [4.69, 9.17) is 33.0 Å². The summed E-state index contributed by atoms with van der Waals surface area (Å²) in [6.45, 7) is 3.86. The van der Waals surface area contributed by atoms with Gasteiger partial charge in [-0.2, -0.15) is 0 Å². The summed E-state index contributed by atoms with van der Waals surface area (Å²) in [4.78, 5) is 34.6. The highest BCUT2D eigenvalue weighted by molar-refractivity contribution is 6.35. The van der Waals surface area contributed by atoms with Gasteiger partial charge in [-0.1, -0.05) is 61.3 Å². The first-order chi connectivity index (χ1) is 15.1. The Morgan fingerprint density at radius 3 is 2.31 bits per heavy atom. The number of amides is 1. The first-order valence-corrected chi connectivity index (χ1v) is 10.7. The number of carbonyl (C=O) groups excluding carboxylic acids is 2. The van der Waals surface area contributed by atoms with E-state index in [0.29, 0.717) is 10.0 Å². The van der Waals surface area contributed by atoms with Crippen LogP contribution in [0.15, 0.2) is 42.5 Å². The number of nitrogens with one attached hydrogen (secondary N) is 1. The highest BCUT2D eigenvalue weighted by Crippen LogP contribution is 2.30. The predicted molar refractivity (Wildman–Crippen MR) is 122 cm³/mol. The van der Waals surface area contributed by atoms with Crippen LogP contribution in [0.25, 0.3) is 11.1 Å². The van der Waals surface area contributed by atoms with Crippen molar-refractivity contribution in [3.63, 3.8) is 0 Å². The standard InChI is InChI=1S/C23H25Cl2NO6/c1-13(2)12-32-23(31)20(27)11-17(26-21(28)22(29)30)9-14-3-5-15(6-4-14)18-10-16(24)7-8-19(18)25/h3-8,10,13,17,20,27H,9,11-12H2,1-2H3,(H,26,28)(H,29,30)/t17-,20?/m1/s1. The van der Waals surface area contributed by atoms with E-state index in [1.807, 2.05) is 26.0 Å². The average Bonchev–Trinajstić information content (AvgIpc) is 2.74. The number of aliphatic carboxylic acids is 1. The lowest BCUT2D eigenvalue weighted by molar-refractivity contribution is -0.155. The second-order valence-electron chi connectivity index (χ2n) is 7.78. The zero-order valence-corrected chi connectivity index (χ0v) is 19.2. The van der Waals surface area contributed by atoms with Crippen LogP contribution >= 0.6 is 23.2 Å². The third-order valence-corrected chi connectivity index (χ3v) is 5.11. The third-order valence-electron chi connectivity index (χ3n) is 4.54. The molecule has 0 heterocycles. The number of carboxylic acid groups (broad SMARTS) is 1. The number of aliphatic hydroxyl groups is 1. The van der Waals surface area contributed by atoms with Crippen molar-refractivity contribution in [2.24, 2.45) is 5.92 Å². The maximum atomic E-state index is 12.0. The van der Waals surface area contributed by atoms with Gasteiger partial charge in [-0.25, -0.2) is 9.59 Å². The van der Waals surface area contributed by atoms with Crippen LogP contribution in [0.5, 0.6) is 0 Å². The maximum absolute atomic E-state index is 12.0. The Bertz CT molecular complexity index is 961. The van der Waals surface area contributed by atoms with E-state index in [0.717, 1.165) is 16.7 Å². The summed E-state index contributed by atoms with van der Waals surface area (Å²) in [5, 5.41) is 22.5. The molecule has 172 valence electrons. The van der Waals surface area contributed by atoms with E-state index in [1.165, 1.54) is 0 Å². The highest BCUT2D eigenvalue weighted by atomic mass is 35.5. The fraction of sp³-hybridized carbons (Fsp3) is 0.348. The molecule has 1 unspecified atom stereocenters. The van der Waals surface area contributed by atoms with Gasteiger partial charge < -0.3 is 20.3 Å². The second kappa shape index (κ2) is 11.9. The van der Waals surface area contributed by atoms with E-state index in [9.17, 15) is 19.5 Å². The molecule has 0 aromatic heterocycles. The number of hydrogen-bond acceptors (Lipinski definition) is 5. The maximum Gasteiger partial charge on any atom is 0.394 e. The Morgan fingerprint density at radius 1 is 1.06 bits per heavy atom. The minimum atomic E-state index is -1.65. The van der Waals surface area contributed by atoms with Crippen LogP contribution in [-0.2, 0) is 25.5 Å². The van der Waals surface area contributed by atoms with Crippen molar-refractivity contribution in [2.45, 2.75) is 38.8 Å². The van der Waals surface area contributed by atoms with Gasteiger partial charge in [0.15, 0.2) is 6.10 Å². The van der Waals surface area contributed by atoms with Gasteiger partial charge in [0.2, 0.25) is 0 Å². The van der Waals surface area contributed by atoms with Crippen LogP contribution in [0.4, 0.5) is 0 Å². The number of benzene rings is 2. The van der Waals surface area contributed by atoms with Crippen LogP contribution in [0, 0.1) is 5.92 Å². The molecule has 2 aromatic carbocycles. The molecule has 0 spiro atoms. The number of hydrogen-bond donors (Lipinski definition) is 3. The van der Waals surface area contributed by atoms with Gasteiger partial charge in [-0.15, -0.1) is 0 Å². The summed E-state index contributed by atoms with van der Waals surface area (Å²) in [6, 6.07) is 11.5. The van der Waals surface area contributed by atoms with Gasteiger partial charge in [-0.3, -0.25) is 4.79 Å². The second-order valence-corrected chi connectivity index (χ2v) is 8.62. The summed E-state index contributed by atoms with van der Waals surface area (Å²) in [7, 11) is 0. The Balaban J connectivity index is 2.14. The van der Waals surface area contributed by atoms with Crippen molar-refractivity contribution in [3.05, 3.63) is 58.1 Å². The lowest BCUT2D eigenvalue weighted by Crippen LogP contribution is -2.43. The van der Waals surface area contributed by atoms with Crippen molar-refractivity contribution >= 4 is 41.0 Å². The SMILES string of the molecule is CC(C)COC(=O)C(O)C[C@@H](Cc1ccc(-c2cc(Cl)ccc2Cl)cc1)NC(=O)C(=O)O. The van der Waals surface area contributed by atoms with E-state index in [-0.39, 0.29) is 25.4 Å². The lowest BCUT2D eigenvalue weighted by atomic mass is 9.97. The van der Waals surface area contributed by atoms with Crippen molar-refractivity contribution in [3.8, 4) is 11.1 Å². The third kappa shape index (κ3) is 7.82. The largest absolute Gasteiger partial charge is 0.474 e. The molecule has 0 fully saturated rings. The molecule has 1 amide bonds. The van der Waals surface area contributed by atoms with Crippen LogP contribution in [0.1, 0.15) is 25.8 Å². The van der Waals surface area contributed by atoms with E-state index < -0.39 is 30.0 Å². The predicted octanol–water partition coefficient (Wildman–Crippen LogP) is 3.72. The quantitative estimate of drug-likeness (QED) is 0.371. The van der Waals surface area contributed by atoms with E-state index >= 15 is 0 Å². The van der Waals surface area contributed by atoms with Gasteiger partial charge in [-0.05, 0) is 41.7 Å². The molecule has 3 N–H and O–H groups in total. The molecule has 0 radical (unpaired) electrons. The molecule has 7 nitrogen and oxygen atoms in total. The first-order valence-electron chi connectivity index (χ1n) is 9.99. The van der Waals surface area contributed by atoms with Crippen molar-refractivity contribution in [1.29, 1.82) is 0 Å². The van der Waals surface area contributed by atoms with E-state index in [2.05, 4.69) is 5.32 Å². The number of ether oxygens (including phenoxy) is 1. The number of carboxylic acids is 1. The average molecular weight is 482 g/mol. The summed E-state index contributed by atoms with van der Waals surface area (Å²) in [6.07, 6.45) is -1.51. The Morgan fingerprint density at radius 2 is 1.72 bits per heavy atom. The smallest absolute Gasteiger partial charge is 0.394 e. The molecule has 0 aliphatic rings. The fourth-order valence-electron chi connectivity index (χ4n) is 2.97. The summed E-state index contributed by atoms with van der Waals surface area (Å²) < 4.78 is 5.01. The number of rotatable bonds is 9. The molecule has 0 aliphatic heterocycles. The van der Waals surface area contributed by atoms with Crippen LogP contribution < -0.4 is 5.32 Å². The number of aliphatic hydroxyl groups excluding tert-OH is 1. The molecular formula is C23H25Cl2NO6. The summed E-state index contributed by atoms with van der Waals surface area (Å²) in [5.74, 6) is -3.60. The van der Waals surface area contributed by atoms with E-state index in [1.54, 1.807) is 30.3 Å². The molecule has 0 saturated heterocycles. The highest BCUT2D eigenvalue weighted by Gasteiger charge is 2.25. The van der Waals surface area contributed by atoms with Crippen molar-refractivity contribution in [1.82, 2.24) is 5.32 Å². The van der Waals surface area contributed by atoms with Crippen LogP contribution in [0.3, 0.4) is 0 Å². The summed E-state index contributed by atoms with van der Waals surface area (Å²) >= 11 is 12.3. The summed E-state index contributed by atoms with van der Waals surface area (Å²) in [5.41, 5.74) is 2.33. The minimum Gasteiger partial charge on any atom is -0.474 e. The molecule has 0 saturated carbocycles. The van der Waals surface area contributed by atoms with Gasteiger partial charge in [0.05, 0.1) is 6.61 Å². The number of carbonyl (C=O) groups is 3. The van der Waals surface area contributed by atoms with Gasteiger partial charge in [0, 0.05) is 28.1 Å². The first kappa shape index (κ1) is 25.6. The van der Waals surface area contributed by atoms with Gasteiger partial charge >= 0.3 is 17.8 Å². The number of esters is 1. The van der Waals surface area contributed by atoms with Crippen LogP contribution in [-0.4, -0.2) is 46.8 Å². The van der Waals surface area contributed by atoms with Crippen molar-refractivity contribution in [2.75, 3.05) is 6.61 Å². The molecular weight excluding hydrogens is 457 g/mol. The monoisotopic (exact) mass is 481 g/mol. The normalized spacial score (nSPS) is 12.8. The molecule has 2 atom stereocenters. The number of halogens is 2. The minimum absolute atomic E-state index is 0.0974. The Kier molecular flexibility index (Phi) is 9.50. The molecule has 2 aromatic rings. The van der Waals surface area contributed by atoms with Gasteiger partial charge in [0.25, 0.3) is 0 Å². The van der Waals surface area contributed by atoms with Gasteiger partial charge in [0.1, 0.15) is 0 Å². The lowest BCUT2D eigenvalue weighted by Gasteiger charge is -2.21. The fourth-order valence-corrected chi connectivity index (χ4v) is 3.37. The zero-order valence-electron chi connectivity index (χ0n) is 17.7. The molecule has 0 aliphatic carbocycles. The molecule has 9 heteroatoms. The van der Waals surface area contributed by atoms with Crippen LogP contribution in [0.2, 0.25) is 10.0 Å². The zero-order chi connectivity index (χ0) is 23.8. The van der Waals surface area contributed by atoms with Crippen molar-refractivity contribution < 1.29 is 29.3 Å². The molecule has 2 rings (SSSR count). The topological polar surface area (TPSA) is 113 Å². The molecule has 0 bridgehead atoms. The molecule has 32 heavy (non-hydrogen) atoms. The Hall–Kier alpha value is -2.61.